The van der Waals surface area contributed by atoms with Gasteiger partial charge in [0.05, 0.1) is 12.7 Å². The summed E-state index contributed by atoms with van der Waals surface area (Å²) in [6.45, 7) is 9.40. The largest absolute Gasteiger partial charge is 0.340 e. The van der Waals surface area contributed by atoms with Crippen LogP contribution in [0.2, 0.25) is 0 Å². The van der Waals surface area contributed by atoms with Gasteiger partial charge in [-0.3, -0.25) is 14.4 Å². The SMILES string of the molecule is Cc1cccc(C)c1CN1CCN(C(=O)CCn2ccnn2)CC1. The first kappa shape index (κ1) is 16.6. The quantitative estimate of drug-likeness (QED) is 0.837. The average Bonchev–Trinajstić information content (AvgIpc) is 3.10. The summed E-state index contributed by atoms with van der Waals surface area (Å²) in [5.41, 5.74) is 4.12. The maximum Gasteiger partial charge on any atom is 0.224 e. The Balaban J connectivity index is 1.48. The lowest BCUT2D eigenvalue weighted by atomic mass is 10.0. The zero-order valence-electron chi connectivity index (χ0n) is 14.5. The van der Waals surface area contributed by atoms with Crippen LogP contribution < -0.4 is 0 Å². The summed E-state index contributed by atoms with van der Waals surface area (Å²) in [7, 11) is 0. The van der Waals surface area contributed by atoms with Crippen LogP contribution >= 0.6 is 0 Å². The molecule has 0 aliphatic carbocycles. The highest BCUT2D eigenvalue weighted by Crippen LogP contribution is 2.17. The second kappa shape index (κ2) is 7.57. The number of aromatic nitrogens is 3. The number of piperazine rings is 1. The Morgan fingerprint density at radius 3 is 2.46 bits per heavy atom. The number of hydrogen-bond acceptors (Lipinski definition) is 4. The summed E-state index contributed by atoms with van der Waals surface area (Å²) >= 11 is 0. The minimum atomic E-state index is 0.206. The van der Waals surface area contributed by atoms with Crippen molar-refractivity contribution >= 4 is 5.91 Å². The Bertz CT molecular complexity index is 654. The zero-order valence-corrected chi connectivity index (χ0v) is 14.5. The Morgan fingerprint density at radius 1 is 1.12 bits per heavy atom. The molecular weight excluding hydrogens is 302 g/mol. The summed E-state index contributed by atoms with van der Waals surface area (Å²) in [4.78, 5) is 16.7. The van der Waals surface area contributed by atoms with Crippen LogP contribution in [0.5, 0.6) is 0 Å². The van der Waals surface area contributed by atoms with E-state index in [4.69, 9.17) is 0 Å². The topological polar surface area (TPSA) is 54.3 Å². The van der Waals surface area contributed by atoms with Crippen LogP contribution in [0.15, 0.2) is 30.6 Å². The van der Waals surface area contributed by atoms with E-state index in [1.807, 2.05) is 4.90 Å². The molecule has 0 spiro atoms. The van der Waals surface area contributed by atoms with Gasteiger partial charge < -0.3 is 4.90 Å². The van der Waals surface area contributed by atoms with Crippen LogP contribution in [0.1, 0.15) is 23.1 Å². The summed E-state index contributed by atoms with van der Waals surface area (Å²) in [5.74, 6) is 0.206. The number of amides is 1. The smallest absolute Gasteiger partial charge is 0.224 e. The zero-order chi connectivity index (χ0) is 16.9. The number of aryl methyl sites for hydroxylation is 3. The Labute approximate surface area is 143 Å². The fraction of sp³-hybridized carbons (Fsp3) is 0.500. The van der Waals surface area contributed by atoms with Gasteiger partial charge in [-0.15, -0.1) is 5.10 Å². The second-order valence-electron chi connectivity index (χ2n) is 6.44. The van der Waals surface area contributed by atoms with Crippen molar-refractivity contribution in [2.24, 2.45) is 0 Å². The van der Waals surface area contributed by atoms with Gasteiger partial charge in [-0.25, -0.2) is 0 Å². The van der Waals surface area contributed by atoms with Crippen molar-refractivity contribution in [3.05, 3.63) is 47.3 Å². The molecule has 24 heavy (non-hydrogen) atoms. The van der Waals surface area contributed by atoms with Gasteiger partial charge in [0.2, 0.25) is 5.91 Å². The van der Waals surface area contributed by atoms with Crippen molar-refractivity contribution in [2.45, 2.75) is 33.4 Å². The normalized spacial score (nSPS) is 15.7. The molecule has 1 aromatic carbocycles. The summed E-state index contributed by atoms with van der Waals surface area (Å²) in [5, 5.41) is 7.65. The molecule has 1 aliphatic heterocycles. The first-order valence-corrected chi connectivity index (χ1v) is 8.53. The van der Waals surface area contributed by atoms with Crippen molar-refractivity contribution in [1.29, 1.82) is 0 Å². The monoisotopic (exact) mass is 327 g/mol. The third kappa shape index (κ3) is 4.00. The van der Waals surface area contributed by atoms with Crippen LogP contribution in [0, 0.1) is 13.8 Å². The highest BCUT2D eigenvalue weighted by Gasteiger charge is 2.21. The molecule has 0 bridgehead atoms. The third-order valence-corrected chi connectivity index (χ3v) is 4.78. The molecule has 2 heterocycles. The van der Waals surface area contributed by atoms with Crippen LogP contribution in [-0.4, -0.2) is 56.9 Å². The molecule has 2 aromatic rings. The van der Waals surface area contributed by atoms with Crippen molar-refractivity contribution in [3.63, 3.8) is 0 Å². The van der Waals surface area contributed by atoms with Crippen molar-refractivity contribution in [2.75, 3.05) is 26.2 Å². The van der Waals surface area contributed by atoms with E-state index in [1.54, 1.807) is 17.1 Å². The average molecular weight is 327 g/mol. The number of rotatable bonds is 5. The molecule has 0 unspecified atom stereocenters. The second-order valence-corrected chi connectivity index (χ2v) is 6.44. The number of nitrogens with zero attached hydrogens (tertiary/aromatic N) is 5. The minimum Gasteiger partial charge on any atom is -0.340 e. The lowest BCUT2D eigenvalue weighted by Gasteiger charge is -2.35. The summed E-state index contributed by atoms with van der Waals surface area (Å²) in [6.07, 6.45) is 3.91. The van der Waals surface area contributed by atoms with Gasteiger partial charge in [0.25, 0.3) is 0 Å². The number of carbonyl (C=O) groups is 1. The molecule has 3 rings (SSSR count). The first-order valence-electron chi connectivity index (χ1n) is 8.53. The van der Waals surface area contributed by atoms with E-state index in [0.29, 0.717) is 13.0 Å². The molecule has 6 heteroatoms. The number of hydrogen-bond donors (Lipinski definition) is 0. The van der Waals surface area contributed by atoms with E-state index in [9.17, 15) is 4.79 Å². The maximum atomic E-state index is 12.3. The minimum absolute atomic E-state index is 0.206. The van der Waals surface area contributed by atoms with Crippen molar-refractivity contribution in [1.82, 2.24) is 24.8 Å². The predicted octanol–water partition coefficient (Wildman–Crippen LogP) is 1.63. The molecule has 0 atom stereocenters. The summed E-state index contributed by atoms with van der Waals surface area (Å²) in [6, 6.07) is 6.46. The van der Waals surface area contributed by atoms with Gasteiger partial charge >= 0.3 is 0 Å². The lowest BCUT2D eigenvalue weighted by molar-refractivity contribution is -0.133. The Hall–Kier alpha value is -2.21. The Morgan fingerprint density at radius 2 is 1.83 bits per heavy atom. The molecule has 128 valence electrons. The van der Waals surface area contributed by atoms with E-state index in [0.717, 1.165) is 32.7 Å². The van der Waals surface area contributed by atoms with Gasteiger partial charge in [-0.05, 0) is 30.5 Å². The van der Waals surface area contributed by atoms with Crippen molar-refractivity contribution < 1.29 is 4.79 Å². The molecule has 0 saturated carbocycles. The molecule has 1 saturated heterocycles. The number of benzene rings is 1. The third-order valence-electron chi connectivity index (χ3n) is 4.78. The van der Waals surface area contributed by atoms with Crippen LogP contribution in [0.3, 0.4) is 0 Å². The van der Waals surface area contributed by atoms with Crippen LogP contribution in [0.4, 0.5) is 0 Å². The van der Waals surface area contributed by atoms with Gasteiger partial charge in [-0.1, -0.05) is 23.4 Å². The molecule has 0 radical (unpaired) electrons. The fourth-order valence-corrected chi connectivity index (χ4v) is 3.20. The van der Waals surface area contributed by atoms with E-state index in [2.05, 4.69) is 47.3 Å². The van der Waals surface area contributed by atoms with Gasteiger partial charge in [0, 0.05) is 45.3 Å². The molecule has 6 nitrogen and oxygen atoms in total. The lowest BCUT2D eigenvalue weighted by Crippen LogP contribution is -2.48. The van der Waals surface area contributed by atoms with Crippen molar-refractivity contribution in [3.8, 4) is 0 Å². The van der Waals surface area contributed by atoms with E-state index >= 15 is 0 Å². The van der Waals surface area contributed by atoms with Gasteiger partial charge in [0.1, 0.15) is 0 Å². The highest BCUT2D eigenvalue weighted by molar-refractivity contribution is 5.76. The molecule has 1 aliphatic rings. The first-order chi connectivity index (χ1) is 11.6. The number of carbonyl (C=O) groups excluding carboxylic acids is 1. The maximum absolute atomic E-state index is 12.3. The predicted molar refractivity (Wildman–Crippen MR) is 92.4 cm³/mol. The molecular formula is C18H25N5O. The Kier molecular flexibility index (Phi) is 5.25. The molecule has 1 amide bonds. The molecule has 1 aromatic heterocycles. The van der Waals surface area contributed by atoms with Crippen LogP contribution in [-0.2, 0) is 17.9 Å². The van der Waals surface area contributed by atoms with Crippen LogP contribution in [0.25, 0.3) is 0 Å². The van der Waals surface area contributed by atoms with Gasteiger partial charge in [-0.2, -0.15) is 0 Å². The molecule has 1 fully saturated rings. The van der Waals surface area contributed by atoms with E-state index in [1.165, 1.54) is 16.7 Å². The standard InChI is InChI=1S/C18H25N5O/c1-15-4-3-5-16(2)17(15)14-21-10-12-22(13-11-21)18(24)6-8-23-9-7-19-20-23/h3-5,7,9H,6,8,10-14H2,1-2H3. The van der Waals surface area contributed by atoms with E-state index < -0.39 is 0 Å². The summed E-state index contributed by atoms with van der Waals surface area (Å²) < 4.78 is 1.70. The highest BCUT2D eigenvalue weighted by atomic mass is 16.2. The molecule has 0 N–H and O–H groups in total. The van der Waals surface area contributed by atoms with E-state index in [-0.39, 0.29) is 5.91 Å². The van der Waals surface area contributed by atoms with Gasteiger partial charge in [0.15, 0.2) is 0 Å². The fourth-order valence-electron chi connectivity index (χ4n) is 3.20.